The second-order valence-corrected chi connectivity index (χ2v) is 6.24. The van der Waals surface area contributed by atoms with Crippen LogP contribution in [-0.4, -0.2) is 18.2 Å². The van der Waals surface area contributed by atoms with Crippen LogP contribution in [0.3, 0.4) is 0 Å². The smallest absolute Gasteiger partial charge is 0.141 e. The first-order valence-corrected chi connectivity index (χ1v) is 7.23. The molecule has 1 aromatic heterocycles. The lowest BCUT2D eigenvalue weighted by molar-refractivity contribution is 1.20. The Morgan fingerprint density at radius 3 is 2.85 bits per heavy atom. The van der Waals surface area contributed by atoms with Crippen LogP contribution < -0.4 is 5.73 Å². The van der Waals surface area contributed by atoms with Crippen molar-refractivity contribution in [1.29, 1.82) is 0 Å². The molecule has 1 heterocycles. The second-order valence-electron chi connectivity index (χ2n) is 3.49. The van der Waals surface area contributed by atoms with E-state index >= 15 is 0 Å². The van der Waals surface area contributed by atoms with Crippen molar-refractivity contribution in [2.45, 2.75) is 13.1 Å². The number of hydrogen-bond donors (Lipinski definition) is 1. The molecule has 4 heteroatoms. The molecular weight excluding hydrogens is 178 g/mol. The van der Waals surface area contributed by atoms with Gasteiger partial charge in [-0.05, 0) is 18.2 Å². The number of nitrogens with zero attached hydrogens (tertiary/aromatic N) is 2. The van der Waals surface area contributed by atoms with Gasteiger partial charge >= 0.3 is 0 Å². The van der Waals surface area contributed by atoms with Crippen LogP contribution in [0, 0.1) is 0 Å². The van der Waals surface area contributed by atoms with Crippen LogP contribution in [0.15, 0.2) is 24.5 Å². The molecule has 0 spiro atoms. The molecule has 0 aliphatic rings. The van der Waals surface area contributed by atoms with Gasteiger partial charge in [0.05, 0.1) is 17.4 Å². The zero-order valence-electron chi connectivity index (χ0n) is 7.86. The number of hydrogen-bond acceptors (Lipinski definition) is 2. The maximum Gasteiger partial charge on any atom is 0.141 e. The summed E-state index contributed by atoms with van der Waals surface area (Å²) in [6.45, 7) is 4.54. The number of fused-ring (bicyclic) bond motifs is 1. The van der Waals surface area contributed by atoms with Gasteiger partial charge in [0.15, 0.2) is 0 Å². The lowest BCUT2D eigenvalue weighted by Crippen LogP contribution is -2.13. The topological polar surface area (TPSA) is 43.8 Å². The number of anilines is 1. The average molecular weight is 191 g/mol. The highest BCUT2D eigenvalue weighted by molar-refractivity contribution is 6.55. The summed E-state index contributed by atoms with van der Waals surface area (Å²) < 4.78 is 2.26. The molecule has 0 amide bonds. The number of benzene rings is 1. The Hall–Kier alpha value is -1.29. The zero-order valence-corrected chi connectivity index (χ0v) is 9.01. The summed E-state index contributed by atoms with van der Waals surface area (Å²) in [5, 5.41) is 0. The summed E-state index contributed by atoms with van der Waals surface area (Å²) in [4.78, 5) is 4.32. The minimum Gasteiger partial charge on any atom is -0.399 e. The van der Waals surface area contributed by atoms with Gasteiger partial charge in [-0.1, -0.05) is 13.1 Å². The molecule has 2 rings (SSSR count). The van der Waals surface area contributed by atoms with E-state index in [1.54, 1.807) is 0 Å². The van der Waals surface area contributed by atoms with E-state index in [0.717, 1.165) is 11.2 Å². The van der Waals surface area contributed by atoms with Crippen molar-refractivity contribution in [2.75, 3.05) is 5.73 Å². The fraction of sp³-hybridized carbons (Fsp3) is 0.222. The maximum absolute atomic E-state index is 5.73. The summed E-state index contributed by atoms with van der Waals surface area (Å²) in [5.41, 5.74) is 8.74. The van der Waals surface area contributed by atoms with Gasteiger partial charge in [0.25, 0.3) is 0 Å². The molecule has 0 unspecified atom stereocenters. The Labute approximate surface area is 78.9 Å². The molecule has 68 valence electrons. The minimum atomic E-state index is -0.852. The van der Waals surface area contributed by atoms with Crippen LogP contribution in [0.25, 0.3) is 11.0 Å². The van der Waals surface area contributed by atoms with E-state index in [1.165, 1.54) is 5.52 Å². The Morgan fingerprint density at radius 1 is 1.38 bits per heavy atom. The van der Waals surface area contributed by atoms with Gasteiger partial charge in [0.2, 0.25) is 0 Å². The highest BCUT2D eigenvalue weighted by Gasteiger charge is 2.05. The predicted molar refractivity (Wildman–Crippen MR) is 58.4 cm³/mol. The normalized spacial score (nSPS) is 11.3. The molecule has 2 aromatic rings. The highest BCUT2D eigenvalue weighted by Crippen LogP contribution is 2.16. The number of imidazole rings is 1. The van der Waals surface area contributed by atoms with Crippen molar-refractivity contribution in [2.24, 2.45) is 0 Å². The molecule has 3 nitrogen and oxygen atoms in total. The standard InChI is InChI=1S/C9H13N3Si/c1-13(2)12-6-11-8-4-3-7(10)5-9(8)12/h3-6,13H,10H2,1-2H3. The molecular formula is C9H13N3Si. The summed E-state index contributed by atoms with van der Waals surface area (Å²) in [6.07, 6.45) is 1.92. The van der Waals surface area contributed by atoms with Crippen molar-refractivity contribution in [3.63, 3.8) is 0 Å². The van der Waals surface area contributed by atoms with E-state index in [0.29, 0.717) is 0 Å². The molecule has 0 aliphatic carbocycles. The van der Waals surface area contributed by atoms with Crippen LogP contribution in [-0.2, 0) is 0 Å². The number of nitrogen functional groups attached to an aromatic ring is 1. The van der Waals surface area contributed by atoms with Gasteiger partial charge in [-0.2, -0.15) is 0 Å². The number of aromatic nitrogens is 2. The number of rotatable bonds is 1. The molecule has 0 bridgehead atoms. The first-order chi connectivity index (χ1) is 6.18. The zero-order chi connectivity index (χ0) is 9.42. The van der Waals surface area contributed by atoms with Crippen molar-refractivity contribution in [3.8, 4) is 0 Å². The SMILES string of the molecule is C[SiH](C)n1cnc2ccc(N)cc21. The summed E-state index contributed by atoms with van der Waals surface area (Å²) in [5.74, 6) is 0. The minimum absolute atomic E-state index is 0.809. The summed E-state index contributed by atoms with van der Waals surface area (Å²) in [7, 11) is -0.852. The first-order valence-electron chi connectivity index (χ1n) is 4.40. The second kappa shape index (κ2) is 2.88. The molecule has 0 saturated heterocycles. The van der Waals surface area contributed by atoms with Crippen molar-refractivity contribution < 1.29 is 0 Å². The third-order valence-electron chi connectivity index (χ3n) is 2.16. The third-order valence-corrected chi connectivity index (χ3v) is 3.68. The molecule has 0 radical (unpaired) electrons. The monoisotopic (exact) mass is 191 g/mol. The largest absolute Gasteiger partial charge is 0.399 e. The van der Waals surface area contributed by atoms with Gasteiger partial charge in [-0.15, -0.1) is 0 Å². The van der Waals surface area contributed by atoms with Crippen LogP contribution in [0.4, 0.5) is 5.69 Å². The van der Waals surface area contributed by atoms with Crippen LogP contribution in [0.2, 0.25) is 13.1 Å². The Balaban J connectivity index is 2.71. The van der Waals surface area contributed by atoms with Gasteiger partial charge in [-0.3, -0.25) is 0 Å². The molecule has 0 saturated carbocycles. The Morgan fingerprint density at radius 2 is 2.15 bits per heavy atom. The Bertz CT molecular complexity index is 433. The fourth-order valence-electron chi connectivity index (χ4n) is 1.45. The highest BCUT2D eigenvalue weighted by atomic mass is 28.3. The van der Waals surface area contributed by atoms with E-state index in [2.05, 4.69) is 22.3 Å². The van der Waals surface area contributed by atoms with Gasteiger partial charge in [0, 0.05) is 5.69 Å². The van der Waals surface area contributed by atoms with Crippen molar-refractivity contribution in [1.82, 2.24) is 9.22 Å². The van der Waals surface area contributed by atoms with Gasteiger partial charge in [0.1, 0.15) is 8.96 Å². The number of nitrogens with two attached hydrogens (primary N) is 1. The molecule has 13 heavy (non-hydrogen) atoms. The summed E-state index contributed by atoms with van der Waals surface area (Å²) >= 11 is 0. The van der Waals surface area contributed by atoms with Crippen molar-refractivity contribution >= 4 is 25.7 Å². The fourth-order valence-corrected chi connectivity index (χ4v) is 2.55. The molecule has 2 N–H and O–H groups in total. The molecule has 0 aliphatic heterocycles. The molecule has 0 fully saturated rings. The Kier molecular flexibility index (Phi) is 1.84. The van der Waals surface area contributed by atoms with Crippen molar-refractivity contribution in [3.05, 3.63) is 24.5 Å². The van der Waals surface area contributed by atoms with E-state index in [-0.39, 0.29) is 0 Å². The summed E-state index contributed by atoms with van der Waals surface area (Å²) in [6, 6.07) is 5.86. The van der Waals surface area contributed by atoms with Crippen LogP contribution in [0.1, 0.15) is 0 Å². The molecule has 1 aromatic carbocycles. The van der Waals surface area contributed by atoms with E-state index < -0.39 is 8.96 Å². The van der Waals surface area contributed by atoms with E-state index in [4.69, 9.17) is 5.73 Å². The lowest BCUT2D eigenvalue weighted by atomic mass is 10.3. The average Bonchev–Trinajstić information content (AvgIpc) is 2.46. The maximum atomic E-state index is 5.73. The van der Waals surface area contributed by atoms with Crippen LogP contribution in [0.5, 0.6) is 0 Å². The predicted octanol–water partition coefficient (Wildman–Crippen LogP) is 1.45. The lowest BCUT2D eigenvalue weighted by Gasteiger charge is -2.06. The molecule has 0 atom stereocenters. The van der Waals surface area contributed by atoms with Gasteiger partial charge in [-0.25, -0.2) is 4.98 Å². The van der Waals surface area contributed by atoms with Gasteiger partial charge < -0.3 is 9.97 Å². The van der Waals surface area contributed by atoms with E-state index in [9.17, 15) is 0 Å². The third kappa shape index (κ3) is 1.33. The quantitative estimate of drug-likeness (QED) is 0.547. The van der Waals surface area contributed by atoms with Crippen LogP contribution >= 0.6 is 0 Å². The van der Waals surface area contributed by atoms with E-state index in [1.807, 2.05) is 24.5 Å². The first kappa shape index (κ1) is 8.31.